The van der Waals surface area contributed by atoms with Crippen molar-refractivity contribution >= 4 is 104 Å². The molecule has 8 heteroatoms. The van der Waals surface area contributed by atoms with E-state index in [1.54, 1.807) is 43.3 Å². The Kier molecular flexibility index (Phi) is 25.3. The number of hydrogen-bond donors (Lipinski definition) is 0. The molecule has 0 radical (unpaired) electrons. The number of rotatable bonds is 22. The lowest BCUT2D eigenvalue weighted by Crippen LogP contribution is -1.95. The molecule has 0 aromatic carbocycles. The van der Waals surface area contributed by atoms with Crippen LogP contribution < -0.4 is 0 Å². The maximum Gasteiger partial charge on any atom is 0.0745 e. The molecule has 0 N–H and O–H groups in total. The van der Waals surface area contributed by atoms with Crippen LogP contribution in [0, 0.1) is 0 Å². The summed E-state index contributed by atoms with van der Waals surface area (Å²) in [7, 11) is 0. The van der Waals surface area contributed by atoms with Gasteiger partial charge in [0, 0.05) is 19.5 Å². The van der Waals surface area contributed by atoms with E-state index in [-0.39, 0.29) is 0 Å². The van der Waals surface area contributed by atoms with Crippen LogP contribution in [0.25, 0.3) is 19.5 Å². The third-order valence-electron chi connectivity index (χ3n) is 9.23. The molecular weight excluding hydrogens is 929 g/mol. The van der Waals surface area contributed by atoms with E-state index >= 15 is 0 Å². The lowest BCUT2D eigenvalue weighted by Gasteiger charge is -2.09. The summed E-state index contributed by atoms with van der Waals surface area (Å²) in [6.07, 6.45) is 26.5. The summed E-state index contributed by atoms with van der Waals surface area (Å²) >= 11 is 20.2. The molecule has 0 amide bonds. The van der Waals surface area contributed by atoms with Gasteiger partial charge in [-0.05, 0) is 156 Å². The molecule has 0 spiro atoms. The molecule has 0 bridgehead atoms. The highest BCUT2D eigenvalue weighted by Gasteiger charge is 2.21. The SMILES string of the molecule is Brc1cccs1.CCCCCCc1c(-c2cccs2)sc(-c2cccs2)c1CCCCCC.CCCCCCc1c(Br)sc(Br)c1CCCCCC. The van der Waals surface area contributed by atoms with E-state index in [0.717, 1.165) is 0 Å². The van der Waals surface area contributed by atoms with E-state index in [9.17, 15) is 0 Å². The van der Waals surface area contributed by atoms with Crippen molar-refractivity contribution in [1.82, 2.24) is 0 Å². The van der Waals surface area contributed by atoms with Crippen LogP contribution in [0.1, 0.15) is 153 Å². The van der Waals surface area contributed by atoms with Gasteiger partial charge in [-0.25, -0.2) is 0 Å². The topological polar surface area (TPSA) is 0 Å². The van der Waals surface area contributed by atoms with Crippen molar-refractivity contribution in [2.45, 2.75) is 156 Å². The Hall–Kier alpha value is -0.0600. The summed E-state index contributed by atoms with van der Waals surface area (Å²) in [5.74, 6) is 0. The third-order valence-corrected chi connectivity index (χ3v) is 16.9. The van der Waals surface area contributed by atoms with E-state index in [4.69, 9.17) is 0 Å². The lowest BCUT2D eigenvalue weighted by atomic mass is 9.96. The van der Waals surface area contributed by atoms with Gasteiger partial charge >= 0.3 is 0 Å². The minimum atomic E-state index is 1.20. The van der Waals surface area contributed by atoms with Crippen LogP contribution >= 0.6 is 104 Å². The van der Waals surface area contributed by atoms with Crippen LogP contribution in [0.3, 0.4) is 0 Å². The van der Waals surface area contributed by atoms with Crippen molar-refractivity contribution in [2.75, 3.05) is 0 Å². The number of unbranched alkanes of at least 4 members (excludes halogenated alkanes) is 12. The molecule has 288 valence electrons. The zero-order valence-electron chi connectivity index (χ0n) is 32.0. The van der Waals surface area contributed by atoms with Crippen LogP contribution in [0.15, 0.2) is 63.9 Å². The highest BCUT2D eigenvalue weighted by molar-refractivity contribution is 9.12. The molecule has 0 nitrogen and oxygen atoms in total. The molecular formula is C44H61Br3S5. The minimum Gasteiger partial charge on any atom is -0.143 e. The van der Waals surface area contributed by atoms with E-state index in [1.165, 1.54) is 150 Å². The van der Waals surface area contributed by atoms with Crippen LogP contribution in [0.2, 0.25) is 0 Å². The molecule has 5 aromatic heterocycles. The molecule has 0 saturated heterocycles. The van der Waals surface area contributed by atoms with Crippen molar-refractivity contribution in [3.05, 3.63) is 86.2 Å². The summed E-state index contributed by atoms with van der Waals surface area (Å²) in [6, 6.07) is 13.0. The van der Waals surface area contributed by atoms with E-state index in [2.05, 4.69) is 111 Å². The van der Waals surface area contributed by atoms with E-state index in [1.807, 2.05) is 62.9 Å². The number of hydrogen-bond acceptors (Lipinski definition) is 5. The molecule has 5 aromatic rings. The molecule has 5 heterocycles. The average Bonchev–Trinajstić information content (AvgIpc) is 4.00. The second-order valence-corrected chi connectivity index (χ2v) is 22.3. The molecule has 0 aliphatic carbocycles. The first kappa shape index (κ1) is 46.3. The first-order chi connectivity index (χ1) is 25.4. The molecule has 0 aliphatic rings. The molecule has 52 heavy (non-hydrogen) atoms. The van der Waals surface area contributed by atoms with Gasteiger partial charge in [0.1, 0.15) is 0 Å². The fraction of sp³-hybridized carbons (Fsp3) is 0.545. The fourth-order valence-electron chi connectivity index (χ4n) is 6.35. The van der Waals surface area contributed by atoms with Crippen molar-refractivity contribution in [1.29, 1.82) is 0 Å². The van der Waals surface area contributed by atoms with Gasteiger partial charge in [0.25, 0.3) is 0 Å². The van der Waals surface area contributed by atoms with Gasteiger partial charge in [-0.1, -0.05) is 123 Å². The van der Waals surface area contributed by atoms with Crippen molar-refractivity contribution in [3.63, 3.8) is 0 Å². The Morgan fingerprint density at radius 1 is 0.404 bits per heavy atom. The van der Waals surface area contributed by atoms with Gasteiger partial charge in [0.05, 0.1) is 11.4 Å². The Morgan fingerprint density at radius 2 is 0.769 bits per heavy atom. The highest BCUT2D eigenvalue weighted by Crippen LogP contribution is 2.46. The van der Waals surface area contributed by atoms with Gasteiger partial charge in [-0.15, -0.1) is 56.7 Å². The first-order valence-electron chi connectivity index (χ1n) is 19.8. The quantitative estimate of drug-likeness (QED) is 0.0606. The smallest absolute Gasteiger partial charge is 0.0745 e. The normalized spacial score (nSPS) is 11.0. The van der Waals surface area contributed by atoms with Crippen molar-refractivity contribution < 1.29 is 0 Å². The zero-order chi connectivity index (χ0) is 37.4. The summed E-state index contributed by atoms with van der Waals surface area (Å²) in [5, 5.41) is 6.48. The van der Waals surface area contributed by atoms with Crippen LogP contribution in [-0.2, 0) is 25.7 Å². The van der Waals surface area contributed by atoms with Gasteiger partial charge in [0.2, 0.25) is 0 Å². The summed E-state index contributed by atoms with van der Waals surface area (Å²) in [5.41, 5.74) is 6.48. The van der Waals surface area contributed by atoms with Crippen LogP contribution in [0.5, 0.6) is 0 Å². The molecule has 0 saturated carbocycles. The number of thiophene rings is 5. The van der Waals surface area contributed by atoms with Gasteiger partial charge in [-0.3, -0.25) is 0 Å². The summed E-state index contributed by atoms with van der Waals surface area (Å²) in [6.45, 7) is 9.15. The Bertz CT molecular complexity index is 1460. The summed E-state index contributed by atoms with van der Waals surface area (Å²) in [4.78, 5) is 6.02. The Labute approximate surface area is 362 Å². The van der Waals surface area contributed by atoms with E-state index < -0.39 is 0 Å². The number of halogens is 3. The zero-order valence-corrected chi connectivity index (χ0v) is 40.9. The standard InChI is InChI=1S/C24H32S3.C16H26Br2S.C4H3BrS/c1-3-5-7-9-13-19-20(14-10-8-6-4-2)24(22-16-12-18-26-22)27-23(19)21-15-11-17-25-21;1-3-5-7-9-11-13-14(12-10-8-6-4-2)16(18)19-15(13)17;5-4-2-1-3-6-4/h11-12,15-18H,3-10,13-14H2,1-2H3;3-12H2,1-2H3;1-3H. The Balaban J connectivity index is 0.000000252. The van der Waals surface area contributed by atoms with Crippen molar-refractivity contribution in [2.24, 2.45) is 0 Å². The third kappa shape index (κ3) is 16.6. The molecule has 0 fully saturated rings. The van der Waals surface area contributed by atoms with Gasteiger partial charge in [-0.2, -0.15) is 0 Å². The maximum atomic E-state index is 3.75. The maximum absolute atomic E-state index is 3.75. The van der Waals surface area contributed by atoms with Gasteiger partial charge in [0.15, 0.2) is 0 Å². The Morgan fingerprint density at radius 3 is 1.06 bits per heavy atom. The van der Waals surface area contributed by atoms with Crippen LogP contribution in [-0.4, -0.2) is 0 Å². The second-order valence-electron chi connectivity index (χ2n) is 13.4. The average molecular weight is 990 g/mol. The minimum absolute atomic E-state index is 1.20. The molecule has 0 aliphatic heterocycles. The molecule has 5 rings (SSSR count). The fourth-order valence-corrected chi connectivity index (χ4v) is 13.8. The van der Waals surface area contributed by atoms with Crippen LogP contribution in [0.4, 0.5) is 0 Å². The second kappa shape index (κ2) is 28.4. The van der Waals surface area contributed by atoms with Crippen molar-refractivity contribution in [3.8, 4) is 19.5 Å². The molecule has 0 unspecified atom stereocenters. The van der Waals surface area contributed by atoms with E-state index in [0.29, 0.717) is 0 Å². The lowest BCUT2D eigenvalue weighted by molar-refractivity contribution is 0.651. The predicted molar refractivity (Wildman–Crippen MR) is 254 cm³/mol. The largest absolute Gasteiger partial charge is 0.143 e. The predicted octanol–water partition coefficient (Wildman–Crippen LogP) is 19.5. The summed E-state index contributed by atoms with van der Waals surface area (Å²) < 4.78 is 3.89. The molecule has 0 atom stereocenters. The van der Waals surface area contributed by atoms with Gasteiger partial charge < -0.3 is 0 Å². The first-order valence-corrected chi connectivity index (χ1v) is 26.5. The monoisotopic (exact) mass is 986 g/mol. The highest BCUT2D eigenvalue weighted by atomic mass is 79.9.